The second kappa shape index (κ2) is 7.69. The number of halogens is 1. The Morgan fingerprint density at radius 1 is 1.22 bits per heavy atom. The van der Waals surface area contributed by atoms with Gasteiger partial charge in [0.1, 0.15) is 5.82 Å². The topological polar surface area (TPSA) is 44.4 Å². The van der Waals surface area contributed by atoms with Gasteiger partial charge >= 0.3 is 0 Å². The highest BCUT2D eigenvalue weighted by atomic mass is 19.1. The molecule has 1 unspecified atom stereocenters. The molecule has 0 fully saturated rings. The maximum Gasteiger partial charge on any atom is 0.226 e. The van der Waals surface area contributed by atoms with Crippen LogP contribution in [0.25, 0.3) is 0 Å². The van der Waals surface area contributed by atoms with E-state index >= 15 is 0 Å². The van der Waals surface area contributed by atoms with E-state index < -0.39 is 0 Å². The number of rotatable bonds is 4. The number of amides is 1. The van der Waals surface area contributed by atoms with Gasteiger partial charge in [0, 0.05) is 31.2 Å². The molecule has 2 N–H and O–H groups in total. The molecule has 2 heterocycles. The molecule has 142 valence electrons. The number of nitrogens with zero attached hydrogens (tertiary/aromatic N) is 1. The fourth-order valence-electron chi connectivity index (χ4n) is 4.17. The van der Waals surface area contributed by atoms with Crippen molar-refractivity contribution in [3.8, 4) is 0 Å². The molecule has 5 heteroatoms. The van der Waals surface area contributed by atoms with Crippen LogP contribution in [0.1, 0.15) is 36.5 Å². The number of nitrogens with one attached hydrogen (secondary N) is 2. The summed E-state index contributed by atoms with van der Waals surface area (Å²) in [5.41, 5.74) is 4.57. The van der Waals surface area contributed by atoms with E-state index in [4.69, 9.17) is 0 Å². The second-order valence-electron chi connectivity index (χ2n) is 7.50. The molecule has 0 aliphatic carbocycles. The molecule has 0 radical (unpaired) electrons. The average molecular weight is 367 g/mol. The molecule has 2 aromatic rings. The van der Waals surface area contributed by atoms with E-state index in [2.05, 4.69) is 40.7 Å². The smallest absolute Gasteiger partial charge is 0.226 e. The summed E-state index contributed by atoms with van der Waals surface area (Å²) >= 11 is 0. The third kappa shape index (κ3) is 3.69. The van der Waals surface area contributed by atoms with E-state index in [9.17, 15) is 9.18 Å². The largest absolute Gasteiger partial charge is 0.368 e. The van der Waals surface area contributed by atoms with E-state index in [1.54, 1.807) is 6.07 Å². The van der Waals surface area contributed by atoms with Crippen LogP contribution in [-0.2, 0) is 24.2 Å². The van der Waals surface area contributed by atoms with Crippen molar-refractivity contribution in [1.29, 1.82) is 0 Å². The van der Waals surface area contributed by atoms with Crippen molar-refractivity contribution in [1.82, 2.24) is 5.32 Å². The molecule has 1 atom stereocenters. The van der Waals surface area contributed by atoms with Crippen molar-refractivity contribution in [2.75, 3.05) is 23.3 Å². The Balaban J connectivity index is 1.42. The Bertz CT molecular complexity index is 851. The second-order valence-corrected chi connectivity index (χ2v) is 7.50. The molecular formula is C22H26FN3O. The van der Waals surface area contributed by atoms with Crippen LogP contribution in [-0.4, -0.2) is 25.0 Å². The lowest BCUT2D eigenvalue weighted by Crippen LogP contribution is -2.39. The number of benzene rings is 2. The van der Waals surface area contributed by atoms with Crippen LogP contribution in [0, 0.1) is 5.82 Å². The molecule has 0 bridgehead atoms. The number of hydrogen-bond acceptors (Lipinski definition) is 3. The minimum atomic E-state index is -0.279. The molecule has 0 saturated heterocycles. The summed E-state index contributed by atoms with van der Waals surface area (Å²) in [4.78, 5) is 14.8. The van der Waals surface area contributed by atoms with Gasteiger partial charge in [-0.15, -0.1) is 0 Å². The standard InChI is InChI=1S/C22H26FN3O/c1-15-6-7-16-4-2-3-5-20(16)26(15)13-11-21(27)25-19-9-8-17-14-24-12-10-18(17)22(19)23/h2-5,8-9,15,24H,6-7,10-14H2,1H3,(H,25,27). The Hall–Kier alpha value is -2.40. The molecule has 0 saturated carbocycles. The fourth-order valence-corrected chi connectivity index (χ4v) is 4.17. The molecule has 2 aliphatic heterocycles. The maximum atomic E-state index is 14.7. The van der Waals surface area contributed by atoms with Crippen LogP contribution in [0.4, 0.5) is 15.8 Å². The zero-order valence-electron chi connectivity index (χ0n) is 15.7. The zero-order chi connectivity index (χ0) is 18.8. The number of para-hydroxylation sites is 1. The monoisotopic (exact) mass is 367 g/mol. The Morgan fingerprint density at radius 2 is 2.07 bits per heavy atom. The molecular weight excluding hydrogens is 341 g/mol. The number of hydrogen-bond donors (Lipinski definition) is 2. The Kier molecular flexibility index (Phi) is 5.12. The number of anilines is 2. The van der Waals surface area contributed by atoms with Crippen molar-refractivity contribution in [3.63, 3.8) is 0 Å². The van der Waals surface area contributed by atoms with Crippen LogP contribution in [0.3, 0.4) is 0 Å². The van der Waals surface area contributed by atoms with Crippen molar-refractivity contribution in [3.05, 3.63) is 58.9 Å². The van der Waals surface area contributed by atoms with Crippen LogP contribution in [0.15, 0.2) is 36.4 Å². The molecule has 27 heavy (non-hydrogen) atoms. The SMILES string of the molecule is CC1CCc2ccccc2N1CCC(=O)Nc1ccc2c(c1F)CCNC2. The normalized spacial score (nSPS) is 18.6. The number of aryl methyl sites for hydroxylation is 1. The molecule has 0 spiro atoms. The summed E-state index contributed by atoms with van der Waals surface area (Å²) in [6, 6.07) is 12.4. The minimum Gasteiger partial charge on any atom is -0.368 e. The molecule has 2 aromatic carbocycles. The first-order valence-electron chi connectivity index (χ1n) is 9.79. The summed E-state index contributed by atoms with van der Waals surface area (Å²) in [6.07, 6.45) is 3.17. The van der Waals surface area contributed by atoms with Gasteiger partial charge < -0.3 is 15.5 Å². The van der Waals surface area contributed by atoms with Crippen LogP contribution in [0.5, 0.6) is 0 Å². The van der Waals surface area contributed by atoms with Crippen LogP contribution < -0.4 is 15.5 Å². The van der Waals surface area contributed by atoms with Gasteiger partial charge in [-0.1, -0.05) is 24.3 Å². The zero-order valence-corrected chi connectivity index (χ0v) is 15.7. The quantitative estimate of drug-likeness (QED) is 0.867. The third-order valence-electron chi connectivity index (χ3n) is 5.73. The van der Waals surface area contributed by atoms with E-state index in [0.717, 1.165) is 30.5 Å². The minimum absolute atomic E-state index is 0.141. The van der Waals surface area contributed by atoms with E-state index in [1.807, 2.05) is 12.1 Å². The first-order valence-corrected chi connectivity index (χ1v) is 9.79. The van der Waals surface area contributed by atoms with Crippen LogP contribution >= 0.6 is 0 Å². The highest BCUT2D eigenvalue weighted by Crippen LogP contribution is 2.30. The highest BCUT2D eigenvalue weighted by Gasteiger charge is 2.23. The van der Waals surface area contributed by atoms with E-state index in [1.165, 1.54) is 11.3 Å². The lowest BCUT2D eigenvalue weighted by Gasteiger charge is -2.37. The van der Waals surface area contributed by atoms with Gasteiger partial charge in [0.25, 0.3) is 0 Å². The molecule has 4 rings (SSSR count). The molecule has 1 amide bonds. The van der Waals surface area contributed by atoms with Crippen LogP contribution in [0.2, 0.25) is 0 Å². The van der Waals surface area contributed by atoms with Gasteiger partial charge in [-0.3, -0.25) is 4.79 Å². The van der Waals surface area contributed by atoms with E-state index in [0.29, 0.717) is 37.7 Å². The van der Waals surface area contributed by atoms with Gasteiger partial charge in [0.05, 0.1) is 5.69 Å². The van der Waals surface area contributed by atoms with Gasteiger partial charge in [0.15, 0.2) is 0 Å². The lowest BCUT2D eigenvalue weighted by atomic mass is 9.96. The van der Waals surface area contributed by atoms with Gasteiger partial charge in [-0.2, -0.15) is 0 Å². The van der Waals surface area contributed by atoms with Gasteiger partial charge in [-0.05, 0) is 61.6 Å². The highest BCUT2D eigenvalue weighted by molar-refractivity contribution is 5.91. The predicted molar refractivity (Wildman–Crippen MR) is 107 cm³/mol. The molecule has 2 aliphatic rings. The third-order valence-corrected chi connectivity index (χ3v) is 5.73. The molecule has 4 nitrogen and oxygen atoms in total. The average Bonchev–Trinajstić information content (AvgIpc) is 2.69. The number of carbonyl (C=O) groups is 1. The Morgan fingerprint density at radius 3 is 2.96 bits per heavy atom. The van der Waals surface area contributed by atoms with Gasteiger partial charge in [0.2, 0.25) is 5.91 Å². The summed E-state index contributed by atoms with van der Waals surface area (Å²) in [7, 11) is 0. The summed E-state index contributed by atoms with van der Waals surface area (Å²) < 4.78 is 14.7. The van der Waals surface area contributed by atoms with Crippen molar-refractivity contribution in [2.45, 2.75) is 45.2 Å². The maximum absolute atomic E-state index is 14.7. The van der Waals surface area contributed by atoms with Gasteiger partial charge in [-0.25, -0.2) is 4.39 Å². The van der Waals surface area contributed by atoms with Crippen molar-refractivity contribution in [2.24, 2.45) is 0 Å². The number of fused-ring (bicyclic) bond motifs is 2. The first kappa shape index (κ1) is 18.0. The summed E-state index contributed by atoms with van der Waals surface area (Å²) in [5.74, 6) is -0.419. The Labute approximate surface area is 159 Å². The van der Waals surface area contributed by atoms with Crippen molar-refractivity contribution < 1.29 is 9.18 Å². The summed E-state index contributed by atoms with van der Waals surface area (Å²) in [6.45, 7) is 4.30. The van der Waals surface area contributed by atoms with Crippen molar-refractivity contribution >= 4 is 17.3 Å². The first-order chi connectivity index (χ1) is 13.1. The number of carbonyl (C=O) groups excluding carboxylic acids is 1. The van der Waals surface area contributed by atoms with E-state index in [-0.39, 0.29) is 11.7 Å². The summed E-state index contributed by atoms with van der Waals surface area (Å²) in [5, 5.41) is 6.02. The fraction of sp³-hybridized carbons (Fsp3) is 0.409. The lowest BCUT2D eigenvalue weighted by molar-refractivity contribution is -0.116. The predicted octanol–water partition coefficient (Wildman–Crippen LogP) is 3.64. The molecule has 0 aromatic heterocycles.